The number of hydrogen-bond acceptors (Lipinski definition) is 1. The van der Waals surface area contributed by atoms with Gasteiger partial charge in [0.2, 0.25) is 0 Å². The topological polar surface area (TPSA) is 37.3 Å². The number of carbonyl (C=O) groups is 1. The Kier molecular flexibility index (Phi) is 14.6. The zero-order chi connectivity index (χ0) is 15.8. The first-order valence-electron chi connectivity index (χ1n) is 8.75. The van der Waals surface area contributed by atoms with Crippen LogP contribution < -0.4 is 0 Å². The second-order valence-electron chi connectivity index (χ2n) is 5.80. The van der Waals surface area contributed by atoms with E-state index in [2.05, 4.69) is 38.2 Å². The summed E-state index contributed by atoms with van der Waals surface area (Å²) in [6, 6.07) is 0. The standard InChI is InChI=1S/C19H34O2/c1-3-5-7-8-9-11-15-18(14-6-4-2)16-12-10-13-17-19(20)21/h11-12,15-16,18H,3-10,13-14,17H2,1-2H3,(H,20,21)/b15-11+,16-12-. The first-order chi connectivity index (χ1) is 10.2. The molecule has 0 aromatic rings. The summed E-state index contributed by atoms with van der Waals surface area (Å²) in [6.45, 7) is 4.47. The van der Waals surface area contributed by atoms with E-state index in [1.165, 1.54) is 51.4 Å². The summed E-state index contributed by atoms with van der Waals surface area (Å²) >= 11 is 0. The summed E-state index contributed by atoms with van der Waals surface area (Å²) in [5.74, 6) is -0.168. The highest BCUT2D eigenvalue weighted by molar-refractivity contribution is 5.66. The van der Waals surface area contributed by atoms with Gasteiger partial charge >= 0.3 is 5.97 Å². The summed E-state index contributed by atoms with van der Waals surface area (Å²) in [5, 5.41) is 8.61. The van der Waals surface area contributed by atoms with Gasteiger partial charge in [-0.05, 0) is 38.0 Å². The molecule has 2 nitrogen and oxygen atoms in total. The van der Waals surface area contributed by atoms with Crippen molar-refractivity contribution in [3.05, 3.63) is 24.3 Å². The van der Waals surface area contributed by atoms with Crippen molar-refractivity contribution in [1.29, 1.82) is 0 Å². The minimum atomic E-state index is -0.696. The van der Waals surface area contributed by atoms with Crippen molar-refractivity contribution in [3.8, 4) is 0 Å². The summed E-state index contributed by atoms with van der Waals surface area (Å²) in [5.41, 5.74) is 0. The molecule has 1 N–H and O–H groups in total. The molecule has 0 aliphatic heterocycles. The largest absolute Gasteiger partial charge is 0.481 e. The molecule has 0 saturated heterocycles. The second kappa shape index (κ2) is 15.3. The fourth-order valence-corrected chi connectivity index (χ4v) is 2.30. The normalized spacial score (nSPS) is 13.2. The number of aliphatic carboxylic acids is 1. The van der Waals surface area contributed by atoms with Crippen LogP contribution in [0.5, 0.6) is 0 Å². The van der Waals surface area contributed by atoms with Crippen LogP contribution >= 0.6 is 0 Å². The minimum Gasteiger partial charge on any atom is -0.481 e. The van der Waals surface area contributed by atoms with Gasteiger partial charge in [0.1, 0.15) is 0 Å². The van der Waals surface area contributed by atoms with E-state index in [0.29, 0.717) is 5.92 Å². The van der Waals surface area contributed by atoms with Crippen molar-refractivity contribution in [2.24, 2.45) is 5.92 Å². The van der Waals surface area contributed by atoms with E-state index in [4.69, 9.17) is 5.11 Å². The molecule has 0 fully saturated rings. The Bertz CT molecular complexity index is 292. The highest BCUT2D eigenvalue weighted by Crippen LogP contribution is 2.14. The van der Waals surface area contributed by atoms with Crippen molar-refractivity contribution in [1.82, 2.24) is 0 Å². The van der Waals surface area contributed by atoms with Gasteiger partial charge in [-0.25, -0.2) is 0 Å². The van der Waals surface area contributed by atoms with Crippen LogP contribution in [0.1, 0.15) is 84.5 Å². The molecule has 0 aromatic carbocycles. The van der Waals surface area contributed by atoms with Crippen LogP contribution in [0.2, 0.25) is 0 Å². The Balaban J connectivity index is 3.97. The van der Waals surface area contributed by atoms with Gasteiger partial charge in [-0.3, -0.25) is 4.79 Å². The lowest BCUT2D eigenvalue weighted by molar-refractivity contribution is -0.137. The van der Waals surface area contributed by atoms with Crippen LogP contribution in [-0.4, -0.2) is 11.1 Å². The molecule has 0 rings (SSSR count). The lowest BCUT2D eigenvalue weighted by Gasteiger charge is -2.07. The van der Waals surface area contributed by atoms with Gasteiger partial charge in [0.05, 0.1) is 0 Å². The van der Waals surface area contributed by atoms with Gasteiger partial charge in [-0.1, -0.05) is 70.3 Å². The lowest BCUT2D eigenvalue weighted by atomic mass is 9.99. The zero-order valence-electron chi connectivity index (χ0n) is 14.0. The number of carboxylic acids is 1. The lowest BCUT2D eigenvalue weighted by Crippen LogP contribution is -1.94. The number of hydrogen-bond donors (Lipinski definition) is 1. The van der Waals surface area contributed by atoms with E-state index in [-0.39, 0.29) is 6.42 Å². The maximum absolute atomic E-state index is 10.5. The SMILES string of the molecule is CCCCCC/C=C/C(/C=C\CCCC(=O)O)CCCC. The highest BCUT2D eigenvalue weighted by Gasteiger charge is 1.99. The van der Waals surface area contributed by atoms with E-state index in [9.17, 15) is 4.79 Å². The minimum absolute atomic E-state index is 0.275. The van der Waals surface area contributed by atoms with Crippen LogP contribution in [0.4, 0.5) is 0 Å². The molecular weight excluding hydrogens is 260 g/mol. The fraction of sp³-hybridized carbons (Fsp3) is 0.737. The van der Waals surface area contributed by atoms with Crippen LogP contribution in [0.15, 0.2) is 24.3 Å². The third-order valence-corrected chi connectivity index (χ3v) is 3.64. The van der Waals surface area contributed by atoms with Crippen LogP contribution in [-0.2, 0) is 4.79 Å². The van der Waals surface area contributed by atoms with Crippen LogP contribution in [0.25, 0.3) is 0 Å². The monoisotopic (exact) mass is 294 g/mol. The van der Waals surface area contributed by atoms with Crippen molar-refractivity contribution in [2.45, 2.75) is 84.5 Å². The molecule has 0 aliphatic carbocycles. The molecule has 0 spiro atoms. The first kappa shape index (κ1) is 19.9. The third-order valence-electron chi connectivity index (χ3n) is 3.64. The summed E-state index contributed by atoms with van der Waals surface area (Å²) in [7, 11) is 0. The molecule has 0 bridgehead atoms. The van der Waals surface area contributed by atoms with Crippen molar-refractivity contribution in [3.63, 3.8) is 0 Å². The van der Waals surface area contributed by atoms with Gasteiger partial charge in [0.15, 0.2) is 0 Å². The Morgan fingerprint density at radius 2 is 1.52 bits per heavy atom. The molecule has 0 saturated carbocycles. The number of allylic oxidation sites excluding steroid dienone is 4. The van der Waals surface area contributed by atoms with Crippen LogP contribution in [0.3, 0.4) is 0 Å². The van der Waals surface area contributed by atoms with Gasteiger partial charge in [-0.15, -0.1) is 0 Å². The molecule has 0 amide bonds. The third kappa shape index (κ3) is 15.2. The predicted molar refractivity (Wildman–Crippen MR) is 91.5 cm³/mol. The van der Waals surface area contributed by atoms with E-state index < -0.39 is 5.97 Å². The van der Waals surface area contributed by atoms with E-state index >= 15 is 0 Å². The fourth-order valence-electron chi connectivity index (χ4n) is 2.30. The first-order valence-corrected chi connectivity index (χ1v) is 8.75. The Morgan fingerprint density at radius 3 is 2.10 bits per heavy atom. The van der Waals surface area contributed by atoms with Gasteiger partial charge in [0, 0.05) is 6.42 Å². The Labute approximate surface area is 131 Å². The average Bonchev–Trinajstić information content (AvgIpc) is 2.46. The van der Waals surface area contributed by atoms with Gasteiger partial charge in [0.25, 0.3) is 0 Å². The summed E-state index contributed by atoms with van der Waals surface area (Å²) in [4.78, 5) is 10.5. The molecule has 21 heavy (non-hydrogen) atoms. The summed E-state index contributed by atoms with van der Waals surface area (Å²) < 4.78 is 0. The molecule has 0 radical (unpaired) electrons. The number of rotatable bonds is 14. The maximum atomic E-state index is 10.5. The Morgan fingerprint density at radius 1 is 0.905 bits per heavy atom. The molecule has 0 aliphatic rings. The van der Waals surface area contributed by atoms with Crippen molar-refractivity contribution >= 4 is 5.97 Å². The predicted octanol–water partition coefficient (Wildman–Crippen LogP) is 6.13. The maximum Gasteiger partial charge on any atom is 0.303 e. The molecule has 0 aromatic heterocycles. The molecule has 2 heteroatoms. The molecular formula is C19H34O2. The van der Waals surface area contributed by atoms with Crippen molar-refractivity contribution < 1.29 is 9.90 Å². The van der Waals surface area contributed by atoms with Crippen LogP contribution in [0, 0.1) is 5.92 Å². The van der Waals surface area contributed by atoms with Gasteiger partial charge in [-0.2, -0.15) is 0 Å². The molecule has 0 heterocycles. The highest BCUT2D eigenvalue weighted by atomic mass is 16.4. The second-order valence-corrected chi connectivity index (χ2v) is 5.80. The van der Waals surface area contributed by atoms with Crippen molar-refractivity contribution in [2.75, 3.05) is 0 Å². The molecule has 1 atom stereocenters. The van der Waals surface area contributed by atoms with E-state index in [0.717, 1.165) is 12.8 Å². The van der Waals surface area contributed by atoms with Gasteiger partial charge < -0.3 is 5.11 Å². The van der Waals surface area contributed by atoms with E-state index in [1.54, 1.807) is 0 Å². The molecule has 1 unspecified atom stereocenters. The average molecular weight is 294 g/mol. The quantitative estimate of drug-likeness (QED) is 0.309. The number of carboxylic acid groups (broad SMARTS) is 1. The molecule has 122 valence electrons. The van der Waals surface area contributed by atoms with E-state index in [1.807, 2.05) is 0 Å². The Hall–Kier alpha value is -1.05. The zero-order valence-corrected chi connectivity index (χ0v) is 14.0. The smallest absolute Gasteiger partial charge is 0.303 e. The number of unbranched alkanes of at least 4 members (excludes halogenated alkanes) is 6. The summed E-state index contributed by atoms with van der Waals surface area (Å²) in [6.07, 6.45) is 21.1.